The molecule has 7 nitrogen and oxygen atoms in total. The summed E-state index contributed by atoms with van der Waals surface area (Å²) in [6, 6.07) is 7.62. The largest absolute Gasteiger partial charge is 0.381 e. The SMILES string of the molecule is Cc1nnc(C[C@@H]2N=C(c3ccc(Cl)cc3)c3c(sc(C#CC4CCOCC4)c3C)-n3c(C)nnc32)s1. The van der Waals surface area contributed by atoms with Crippen molar-refractivity contribution in [2.24, 2.45) is 10.9 Å². The molecule has 1 fully saturated rings. The molecule has 0 radical (unpaired) electrons. The predicted molar refractivity (Wildman–Crippen MR) is 147 cm³/mol. The third-order valence-corrected chi connectivity index (χ3v) is 8.97. The van der Waals surface area contributed by atoms with Crippen molar-refractivity contribution in [3.8, 4) is 16.8 Å². The summed E-state index contributed by atoms with van der Waals surface area (Å²) < 4.78 is 7.66. The Kier molecular flexibility index (Phi) is 6.67. The smallest absolute Gasteiger partial charge is 0.163 e. The van der Waals surface area contributed by atoms with Crippen molar-refractivity contribution in [1.29, 1.82) is 0 Å². The average molecular weight is 549 g/mol. The molecule has 2 aliphatic rings. The quantitative estimate of drug-likeness (QED) is 0.308. The van der Waals surface area contributed by atoms with Crippen molar-refractivity contribution in [3.05, 3.63) is 72.5 Å². The van der Waals surface area contributed by atoms with Crippen molar-refractivity contribution >= 4 is 40.0 Å². The van der Waals surface area contributed by atoms with Gasteiger partial charge in [0.25, 0.3) is 0 Å². The highest BCUT2D eigenvalue weighted by Crippen LogP contribution is 2.40. The van der Waals surface area contributed by atoms with Gasteiger partial charge in [-0.2, -0.15) is 0 Å². The lowest BCUT2D eigenvalue weighted by molar-refractivity contribution is 0.0807. The number of halogens is 1. The van der Waals surface area contributed by atoms with Crippen LogP contribution >= 0.6 is 34.3 Å². The number of hydrogen-bond acceptors (Lipinski definition) is 8. The van der Waals surface area contributed by atoms with Gasteiger partial charge in [-0.25, -0.2) is 0 Å². The first kappa shape index (κ1) is 24.4. The van der Waals surface area contributed by atoms with Crippen LogP contribution in [0.25, 0.3) is 5.00 Å². The van der Waals surface area contributed by atoms with Crippen LogP contribution < -0.4 is 0 Å². The normalized spacial score (nSPS) is 17.4. The van der Waals surface area contributed by atoms with Gasteiger partial charge in [0.15, 0.2) is 5.82 Å². The van der Waals surface area contributed by atoms with Crippen LogP contribution in [0.5, 0.6) is 0 Å². The van der Waals surface area contributed by atoms with Gasteiger partial charge >= 0.3 is 0 Å². The van der Waals surface area contributed by atoms with Gasteiger partial charge in [-0.1, -0.05) is 35.6 Å². The molecular weight excluding hydrogens is 524 g/mol. The average Bonchev–Trinajstić information content (AvgIpc) is 3.55. The number of benzene rings is 1. The van der Waals surface area contributed by atoms with E-state index in [1.54, 1.807) is 22.7 Å². The predicted octanol–water partition coefficient (Wildman–Crippen LogP) is 5.67. The van der Waals surface area contributed by atoms with E-state index in [1.165, 1.54) is 0 Å². The minimum absolute atomic E-state index is 0.255. The van der Waals surface area contributed by atoms with Crippen LogP contribution in [0, 0.1) is 38.5 Å². The van der Waals surface area contributed by atoms with Crippen LogP contribution in [0.2, 0.25) is 5.02 Å². The molecule has 3 aromatic heterocycles. The molecule has 1 saturated heterocycles. The van der Waals surface area contributed by atoms with Crippen LogP contribution in [0.3, 0.4) is 0 Å². The van der Waals surface area contributed by atoms with Crippen molar-refractivity contribution in [2.45, 2.75) is 46.1 Å². The van der Waals surface area contributed by atoms with Gasteiger partial charge in [-0.15, -0.1) is 43.1 Å². The van der Waals surface area contributed by atoms with Gasteiger partial charge in [0.1, 0.15) is 26.9 Å². The molecule has 0 amide bonds. The Hall–Kier alpha value is -2.90. The standard InChI is InChI=1S/C27H25ClN6OS2/c1-15-22(9-4-18-10-12-35-13-11-18)37-27-24(15)25(19-5-7-20(28)8-6-19)29-21(14-23-32-31-17(3)36-23)26-33-30-16(2)34(26)27/h5-8,18,21H,10-14H2,1-3H3/t21-/m0/s1. The summed E-state index contributed by atoms with van der Waals surface area (Å²) in [4.78, 5) is 6.38. The number of rotatable bonds is 3. The third-order valence-electron chi connectivity index (χ3n) is 6.67. The van der Waals surface area contributed by atoms with Crippen LogP contribution in [0.15, 0.2) is 29.3 Å². The number of fused-ring (bicyclic) bond motifs is 3. The van der Waals surface area contributed by atoms with E-state index >= 15 is 0 Å². The third kappa shape index (κ3) is 4.75. The maximum absolute atomic E-state index is 6.25. The highest BCUT2D eigenvalue weighted by Gasteiger charge is 2.32. The molecule has 0 spiro atoms. The van der Waals surface area contributed by atoms with Crippen LogP contribution in [0.4, 0.5) is 0 Å². The Morgan fingerprint density at radius 2 is 1.81 bits per heavy atom. The molecule has 6 rings (SSSR count). The van der Waals surface area contributed by atoms with Gasteiger partial charge in [0, 0.05) is 41.7 Å². The van der Waals surface area contributed by atoms with E-state index in [2.05, 4.69) is 43.7 Å². The first-order valence-electron chi connectivity index (χ1n) is 12.3. The lowest BCUT2D eigenvalue weighted by Crippen LogP contribution is -2.13. The fourth-order valence-corrected chi connectivity index (χ4v) is 6.83. The first-order valence-corrected chi connectivity index (χ1v) is 14.3. The molecule has 5 heterocycles. The zero-order valence-corrected chi connectivity index (χ0v) is 23.2. The first-order chi connectivity index (χ1) is 18.0. The number of thiophene rings is 1. The van der Waals surface area contributed by atoms with Gasteiger partial charge in [0.2, 0.25) is 0 Å². The molecule has 1 aromatic carbocycles. The lowest BCUT2D eigenvalue weighted by Gasteiger charge is -2.16. The molecular formula is C27H25ClN6OS2. The van der Waals surface area contributed by atoms with E-state index in [-0.39, 0.29) is 6.04 Å². The second-order valence-corrected chi connectivity index (χ2v) is 12.0. The second kappa shape index (κ2) is 10.1. The van der Waals surface area contributed by atoms with Gasteiger partial charge in [-0.05, 0) is 51.3 Å². The number of ether oxygens (including phenoxy) is 1. The van der Waals surface area contributed by atoms with Crippen LogP contribution in [-0.4, -0.2) is 43.9 Å². The number of aryl methyl sites for hydroxylation is 2. The van der Waals surface area contributed by atoms with Gasteiger partial charge in [0.05, 0.1) is 10.6 Å². The zero-order valence-electron chi connectivity index (χ0n) is 20.8. The van der Waals surface area contributed by atoms with E-state index in [9.17, 15) is 0 Å². The fraction of sp³-hybridized carbons (Fsp3) is 0.370. The monoisotopic (exact) mass is 548 g/mol. The Bertz CT molecular complexity index is 1550. The molecule has 0 unspecified atom stereocenters. The summed E-state index contributed by atoms with van der Waals surface area (Å²) in [5, 5.41) is 21.2. The van der Waals surface area contributed by atoms with E-state index < -0.39 is 0 Å². The van der Waals surface area contributed by atoms with Crippen molar-refractivity contribution in [2.75, 3.05) is 13.2 Å². The maximum Gasteiger partial charge on any atom is 0.163 e. The van der Waals surface area contributed by atoms with Gasteiger partial charge in [-0.3, -0.25) is 9.56 Å². The molecule has 0 N–H and O–H groups in total. The van der Waals surface area contributed by atoms with E-state index in [1.807, 2.05) is 38.1 Å². The Morgan fingerprint density at radius 3 is 2.54 bits per heavy atom. The molecule has 10 heteroatoms. The summed E-state index contributed by atoms with van der Waals surface area (Å²) in [6.07, 6.45) is 2.57. The van der Waals surface area contributed by atoms with E-state index in [0.29, 0.717) is 17.4 Å². The van der Waals surface area contributed by atoms with E-state index in [0.717, 1.165) is 80.0 Å². The summed E-state index contributed by atoms with van der Waals surface area (Å²) >= 11 is 9.52. The highest BCUT2D eigenvalue weighted by molar-refractivity contribution is 7.15. The minimum Gasteiger partial charge on any atom is -0.381 e. The number of aromatic nitrogens is 5. The van der Waals surface area contributed by atoms with Crippen LogP contribution in [-0.2, 0) is 11.2 Å². The zero-order chi connectivity index (χ0) is 25.5. The fourth-order valence-electron chi connectivity index (χ4n) is 4.74. The second-order valence-electron chi connectivity index (χ2n) is 9.25. The molecule has 188 valence electrons. The van der Waals surface area contributed by atoms with Crippen molar-refractivity contribution < 1.29 is 4.74 Å². The van der Waals surface area contributed by atoms with Crippen molar-refractivity contribution in [3.63, 3.8) is 0 Å². The summed E-state index contributed by atoms with van der Waals surface area (Å²) in [7, 11) is 0. The molecule has 4 aromatic rings. The molecule has 0 aliphatic carbocycles. The molecule has 2 aliphatic heterocycles. The Balaban J connectivity index is 1.53. The lowest BCUT2D eigenvalue weighted by atomic mass is 9.98. The van der Waals surface area contributed by atoms with Crippen LogP contribution in [0.1, 0.15) is 62.1 Å². The molecule has 37 heavy (non-hydrogen) atoms. The van der Waals surface area contributed by atoms with Crippen molar-refractivity contribution in [1.82, 2.24) is 25.0 Å². The van der Waals surface area contributed by atoms with E-state index in [4.69, 9.17) is 21.3 Å². The Morgan fingerprint density at radius 1 is 1.03 bits per heavy atom. The molecule has 0 saturated carbocycles. The topological polar surface area (TPSA) is 78.1 Å². The Labute approximate surface area is 228 Å². The van der Waals surface area contributed by atoms with Gasteiger partial charge < -0.3 is 4.74 Å². The minimum atomic E-state index is -0.255. The number of aliphatic imine (C=N–C) groups is 1. The number of nitrogens with zero attached hydrogens (tertiary/aromatic N) is 6. The summed E-state index contributed by atoms with van der Waals surface area (Å²) in [6.45, 7) is 7.66. The highest BCUT2D eigenvalue weighted by atomic mass is 35.5. The summed E-state index contributed by atoms with van der Waals surface area (Å²) in [5.41, 5.74) is 4.12. The summed E-state index contributed by atoms with van der Waals surface area (Å²) in [5.74, 6) is 9.01. The number of hydrogen-bond donors (Lipinski definition) is 0. The molecule has 0 bridgehead atoms. The molecule has 1 atom stereocenters. The maximum atomic E-state index is 6.25.